The molecule has 0 bridgehead atoms. The second kappa shape index (κ2) is 16.2. The fourth-order valence-corrected chi connectivity index (χ4v) is 13.0. The molecule has 70 heavy (non-hydrogen) atoms. The maximum Gasteiger partial charge on any atom is 0.0727 e. The van der Waals surface area contributed by atoms with Crippen molar-refractivity contribution in [2.24, 2.45) is 0 Å². The highest BCUT2D eigenvalue weighted by atomic mass is 32.1. The van der Waals surface area contributed by atoms with Crippen LogP contribution in [0.2, 0.25) is 0 Å². The van der Waals surface area contributed by atoms with Gasteiger partial charge in [0.15, 0.2) is 0 Å². The Kier molecular flexibility index (Phi) is 9.33. The maximum absolute atomic E-state index is 2.46. The number of para-hydroxylation sites is 2. The van der Waals surface area contributed by atoms with E-state index in [1.54, 1.807) is 0 Å². The van der Waals surface area contributed by atoms with Crippen LogP contribution in [0.5, 0.6) is 0 Å². The van der Waals surface area contributed by atoms with Gasteiger partial charge in [-0.05, 0) is 121 Å². The number of aromatic nitrogens is 1. The number of fused-ring (bicyclic) bond motifs is 9. The van der Waals surface area contributed by atoms with Gasteiger partial charge in [-0.1, -0.05) is 212 Å². The van der Waals surface area contributed by atoms with Crippen molar-refractivity contribution in [3.05, 3.63) is 289 Å². The Morgan fingerprint density at radius 2 is 0.857 bits per heavy atom. The first-order valence-corrected chi connectivity index (χ1v) is 24.9. The lowest BCUT2D eigenvalue weighted by molar-refractivity contribution is 0.768. The average Bonchev–Trinajstić information content (AvgIpc) is 4.08. The SMILES string of the molecule is c1ccc(-n2c3ccccc3c3sc4c(-c5ccc(N(c6ccc(-c7cccc8ccccc78)cc6)c6ccc7c(c6)C(c6ccccc6)(c6ccccc6)c6ccccc6-7)cc5)cccc4c32)cc1. The number of nitrogens with zero attached hydrogens (tertiary/aromatic N) is 2. The third kappa shape index (κ3) is 6.12. The molecule has 14 rings (SSSR count). The van der Waals surface area contributed by atoms with Gasteiger partial charge in [0.2, 0.25) is 0 Å². The van der Waals surface area contributed by atoms with Crippen molar-refractivity contribution in [1.29, 1.82) is 0 Å². The Morgan fingerprint density at radius 3 is 1.59 bits per heavy atom. The van der Waals surface area contributed by atoms with Gasteiger partial charge in [0.05, 0.1) is 21.1 Å². The Balaban J connectivity index is 0.945. The second-order valence-electron chi connectivity index (χ2n) is 18.4. The van der Waals surface area contributed by atoms with Gasteiger partial charge in [-0.25, -0.2) is 0 Å². The first kappa shape index (κ1) is 40.3. The molecule has 1 aliphatic rings. The van der Waals surface area contributed by atoms with Gasteiger partial charge in [0, 0.05) is 38.2 Å². The summed E-state index contributed by atoms with van der Waals surface area (Å²) in [6.07, 6.45) is 0. The highest BCUT2D eigenvalue weighted by Crippen LogP contribution is 2.57. The van der Waals surface area contributed by atoms with E-state index in [-0.39, 0.29) is 0 Å². The Hall–Kier alpha value is -8.76. The molecule has 328 valence electrons. The largest absolute Gasteiger partial charge is 0.310 e. The third-order valence-corrected chi connectivity index (χ3v) is 15.9. The van der Waals surface area contributed by atoms with Gasteiger partial charge in [-0.15, -0.1) is 11.3 Å². The number of rotatable bonds is 8. The van der Waals surface area contributed by atoms with Gasteiger partial charge in [0.25, 0.3) is 0 Å². The van der Waals surface area contributed by atoms with Gasteiger partial charge < -0.3 is 9.47 Å². The van der Waals surface area contributed by atoms with Crippen molar-refractivity contribution in [3.8, 4) is 39.1 Å². The number of hydrogen-bond acceptors (Lipinski definition) is 2. The van der Waals surface area contributed by atoms with Crippen LogP contribution in [0, 0.1) is 0 Å². The fraction of sp³-hybridized carbons (Fsp3) is 0.0149. The minimum absolute atomic E-state index is 0.519. The van der Waals surface area contributed by atoms with Crippen LogP contribution < -0.4 is 4.90 Å². The lowest BCUT2D eigenvalue weighted by Crippen LogP contribution is -2.28. The van der Waals surface area contributed by atoms with Gasteiger partial charge in [0.1, 0.15) is 0 Å². The first-order valence-electron chi connectivity index (χ1n) is 24.1. The summed E-state index contributed by atoms with van der Waals surface area (Å²) in [6, 6.07) is 98.4. The molecule has 0 saturated carbocycles. The zero-order chi connectivity index (χ0) is 46.2. The molecule has 3 heteroatoms. The normalized spacial score (nSPS) is 12.7. The Bertz CT molecular complexity index is 4050. The Morgan fingerprint density at radius 1 is 0.343 bits per heavy atom. The molecule has 0 unspecified atom stereocenters. The molecule has 0 saturated heterocycles. The number of hydrogen-bond donors (Lipinski definition) is 0. The monoisotopic (exact) mass is 908 g/mol. The van der Waals surface area contributed by atoms with Crippen molar-refractivity contribution >= 4 is 70.4 Å². The Labute approximate surface area is 411 Å². The predicted octanol–water partition coefficient (Wildman–Crippen LogP) is 18.3. The maximum atomic E-state index is 2.46. The van der Waals surface area contributed by atoms with E-state index in [2.05, 4.69) is 276 Å². The standard InChI is InChI=1S/C67H44N2S/c1-4-20-48(21-5-1)67(49-22-6-2-7-23-49)61-32-14-12-27-57(61)58-43-42-53(44-62(58)67)68(51-38-34-46(35-39-51)55-29-16-19-45-18-10-11-26-54(45)55)52-40-36-47(37-41-52)56-30-17-31-60-64-66(70-65(56)60)59-28-13-15-33-63(59)69(64)50-24-8-3-9-25-50/h1-44H. The van der Waals surface area contributed by atoms with Crippen LogP contribution in [0.25, 0.3) is 81.0 Å². The van der Waals surface area contributed by atoms with Crippen LogP contribution in [-0.4, -0.2) is 4.57 Å². The molecular weight excluding hydrogens is 865 g/mol. The summed E-state index contributed by atoms with van der Waals surface area (Å²) in [5.41, 5.74) is 18.9. The van der Waals surface area contributed by atoms with Crippen LogP contribution in [0.4, 0.5) is 17.1 Å². The first-order chi connectivity index (χ1) is 34.7. The number of benzene rings is 11. The number of thiophene rings is 1. The molecule has 0 radical (unpaired) electrons. The molecule has 11 aromatic carbocycles. The van der Waals surface area contributed by atoms with E-state index in [9.17, 15) is 0 Å². The summed E-state index contributed by atoms with van der Waals surface area (Å²) in [6.45, 7) is 0. The van der Waals surface area contributed by atoms with Crippen LogP contribution in [0.15, 0.2) is 267 Å². The molecule has 0 fully saturated rings. The molecule has 1 aliphatic carbocycles. The predicted molar refractivity (Wildman–Crippen MR) is 297 cm³/mol. The summed E-state index contributed by atoms with van der Waals surface area (Å²) >= 11 is 1.90. The van der Waals surface area contributed by atoms with Crippen molar-refractivity contribution < 1.29 is 0 Å². The molecular formula is C67H44N2S. The van der Waals surface area contributed by atoms with Crippen molar-refractivity contribution in [3.63, 3.8) is 0 Å². The van der Waals surface area contributed by atoms with Gasteiger partial charge in [-0.3, -0.25) is 0 Å². The second-order valence-corrected chi connectivity index (χ2v) is 19.4. The summed E-state index contributed by atoms with van der Waals surface area (Å²) in [7, 11) is 0. The fourth-order valence-electron chi connectivity index (χ4n) is 11.6. The zero-order valence-electron chi connectivity index (χ0n) is 38.2. The molecule has 2 nitrogen and oxygen atoms in total. The molecule has 13 aromatic rings. The zero-order valence-corrected chi connectivity index (χ0v) is 39.0. The van der Waals surface area contributed by atoms with Crippen LogP contribution in [-0.2, 0) is 5.41 Å². The van der Waals surface area contributed by atoms with E-state index >= 15 is 0 Å². The topological polar surface area (TPSA) is 8.17 Å². The summed E-state index contributed by atoms with van der Waals surface area (Å²) in [5, 5.41) is 5.05. The van der Waals surface area contributed by atoms with Crippen LogP contribution in [0.3, 0.4) is 0 Å². The summed E-state index contributed by atoms with van der Waals surface area (Å²) in [4.78, 5) is 2.44. The number of anilines is 3. The minimum Gasteiger partial charge on any atom is -0.310 e. The van der Waals surface area contributed by atoms with E-state index in [1.165, 1.54) is 103 Å². The van der Waals surface area contributed by atoms with E-state index in [4.69, 9.17) is 0 Å². The molecule has 0 spiro atoms. The quantitative estimate of drug-likeness (QED) is 0.147. The van der Waals surface area contributed by atoms with Crippen LogP contribution >= 0.6 is 11.3 Å². The van der Waals surface area contributed by atoms with E-state index in [1.807, 2.05) is 11.3 Å². The smallest absolute Gasteiger partial charge is 0.0727 e. The molecule has 0 aliphatic heterocycles. The van der Waals surface area contributed by atoms with E-state index in [0.717, 1.165) is 17.1 Å². The highest BCUT2D eigenvalue weighted by molar-refractivity contribution is 7.27. The molecule has 0 amide bonds. The van der Waals surface area contributed by atoms with E-state index in [0.29, 0.717) is 0 Å². The minimum atomic E-state index is -0.519. The molecule has 0 atom stereocenters. The van der Waals surface area contributed by atoms with Gasteiger partial charge in [-0.2, -0.15) is 0 Å². The average molecular weight is 909 g/mol. The molecule has 2 heterocycles. The van der Waals surface area contributed by atoms with Crippen LogP contribution in [0.1, 0.15) is 22.3 Å². The van der Waals surface area contributed by atoms with Crippen molar-refractivity contribution in [2.45, 2.75) is 5.41 Å². The highest BCUT2D eigenvalue weighted by Gasteiger charge is 2.46. The third-order valence-electron chi connectivity index (χ3n) is 14.7. The lowest BCUT2D eigenvalue weighted by Gasteiger charge is -2.35. The lowest BCUT2D eigenvalue weighted by atomic mass is 9.67. The summed E-state index contributed by atoms with van der Waals surface area (Å²) in [5.74, 6) is 0. The summed E-state index contributed by atoms with van der Waals surface area (Å²) < 4.78 is 5.06. The van der Waals surface area contributed by atoms with E-state index < -0.39 is 5.41 Å². The van der Waals surface area contributed by atoms with Crippen molar-refractivity contribution in [2.75, 3.05) is 4.90 Å². The molecule has 2 aromatic heterocycles. The van der Waals surface area contributed by atoms with Gasteiger partial charge >= 0.3 is 0 Å². The van der Waals surface area contributed by atoms with Crippen molar-refractivity contribution in [1.82, 2.24) is 4.57 Å². The molecule has 0 N–H and O–H groups in total.